The van der Waals surface area contributed by atoms with Gasteiger partial charge in [0.15, 0.2) is 0 Å². The first-order valence-corrected chi connectivity index (χ1v) is 7.07. The summed E-state index contributed by atoms with van der Waals surface area (Å²) in [4.78, 5) is 0. The molecule has 0 aliphatic heterocycles. The first-order chi connectivity index (χ1) is 9.02. The first kappa shape index (κ1) is 14.2. The number of ether oxygens (including phenoxy) is 1. The van der Waals surface area contributed by atoms with Gasteiger partial charge in [0.25, 0.3) is 0 Å². The van der Waals surface area contributed by atoms with E-state index in [2.05, 4.69) is 15.9 Å². The van der Waals surface area contributed by atoms with Crippen LogP contribution in [0.5, 0.6) is 5.75 Å². The van der Waals surface area contributed by atoms with E-state index in [1.165, 1.54) is 0 Å². The average molecular weight is 324 g/mol. The predicted molar refractivity (Wildman–Crippen MR) is 79.5 cm³/mol. The molecule has 0 radical (unpaired) electrons. The minimum Gasteiger partial charge on any atom is -0.494 e. The third-order valence-corrected chi connectivity index (χ3v) is 3.51. The maximum atomic E-state index is 6.37. The van der Waals surface area contributed by atoms with Crippen LogP contribution in [-0.2, 0) is 0 Å². The molecule has 0 spiro atoms. The topological polar surface area (TPSA) is 48.4 Å². The molecule has 2 rings (SSSR count). The number of halogens is 1. The fourth-order valence-electron chi connectivity index (χ4n) is 2.18. The van der Waals surface area contributed by atoms with Crippen molar-refractivity contribution >= 4 is 15.9 Å². The minimum atomic E-state index is -0.253. The number of hydrogen-bond acceptors (Lipinski definition) is 3. The Morgan fingerprint density at radius 3 is 2.58 bits per heavy atom. The van der Waals surface area contributed by atoms with Gasteiger partial charge in [-0.15, -0.1) is 0 Å². The number of hydrogen-bond donors (Lipinski definition) is 1. The molecule has 2 aromatic rings. The van der Waals surface area contributed by atoms with Gasteiger partial charge in [0.2, 0.25) is 0 Å². The molecule has 1 unspecified atom stereocenters. The largest absolute Gasteiger partial charge is 0.494 e. The molecule has 0 amide bonds. The summed E-state index contributed by atoms with van der Waals surface area (Å²) in [5.74, 6) is 2.54. The zero-order valence-corrected chi connectivity index (χ0v) is 13.0. The van der Waals surface area contributed by atoms with E-state index in [0.717, 1.165) is 32.9 Å². The van der Waals surface area contributed by atoms with Crippen molar-refractivity contribution in [3.05, 3.63) is 51.4 Å². The fraction of sp³-hybridized carbons (Fsp3) is 0.333. The van der Waals surface area contributed by atoms with Crippen LogP contribution in [0.2, 0.25) is 0 Å². The van der Waals surface area contributed by atoms with E-state index < -0.39 is 0 Å². The molecule has 102 valence electrons. The number of nitrogens with two attached hydrogens (primary N) is 1. The van der Waals surface area contributed by atoms with Crippen LogP contribution < -0.4 is 10.5 Å². The SMILES string of the molecule is CCOc1ccc(Br)cc1C(N)c1cc(C)oc1C. The van der Waals surface area contributed by atoms with Crippen LogP contribution in [0.1, 0.15) is 35.6 Å². The molecule has 4 heteroatoms. The van der Waals surface area contributed by atoms with Gasteiger partial charge in [-0.3, -0.25) is 0 Å². The van der Waals surface area contributed by atoms with Crippen molar-refractivity contribution in [2.24, 2.45) is 5.73 Å². The van der Waals surface area contributed by atoms with Crippen LogP contribution in [0.4, 0.5) is 0 Å². The molecule has 0 saturated heterocycles. The molecule has 1 heterocycles. The third-order valence-electron chi connectivity index (χ3n) is 3.02. The number of furan rings is 1. The predicted octanol–water partition coefficient (Wildman–Crippen LogP) is 4.11. The van der Waals surface area contributed by atoms with Gasteiger partial charge in [-0.1, -0.05) is 15.9 Å². The Balaban J connectivity index is 2.45. The van der Waals surface area contributed by atoms with Crippen molar-refractivity contribution < 1.29 is 9.15 Å². The smallest absolute Gasteiger partial charge is 0.124 e. The van der Waals surface area contributed by atoms with E-state index in [0.29, 0.717) is 6.61 Å². The molecule has 0 fully saturated rings. The molecular weight excluding hydrogens is 306 g/mol. The van der Waals surface area contributed by atoms with Crippen molar-refractivity contribution in [2.45, 2.75) is 26.8 Å². The van der Waals surface area contributed by atoms with Crippen molar-refractivity contribution in [1.29, 1.82) is 0 Å². The molecule has 19 heavy (non-hydrogen) atoms. The summed E-state index contributed by atoms with van der Waals surface area (Å²) in [5, 5.41) is 0. The van der Waals surface area contributed by atoms with Crippen molar-refractivity contribution in [1.82, 2.24) is 0 Å². The van der Waals surface area contributed by atoms with E-state index in [1.54, 1.807) is 0 Å². The number of rotatable bonds is 4. The number of benzene rings is 1. The summed E-state index contributed by atoms with van der Waals surface area (Å²) in [7, 11) is 0. The summed E-state index contributed by atoms with van der Waals surface area (Å²) in [6, 6.07) is 7.62. The second-order valence-electron chi connectivity index (χ2n) is 4.46. The zero-order chi connectivity index (χ0) is 14.0. The lowest BCUT2D eigenvalue weighted by molar-refractivity contribution is 0.335. The molecule has 0 bridgehead atoms. The second-order valence-corrected chi connectivity index (χ2v) is 5.38. The van der Waals surface area contributed by atoms with E-state index in [9.17, 15) is 0 Å². The van der Waals surface area contributed by atoms with Crippen LogP contribution in [-0.4, -0.2) is 6.61 Å². The lowest BCUT2D eigenvalue weighted by Gasteiger charge is -2.16. The van der Waals surface area contributed by atoms with Gasteiger partial charge >= 0.3 is 0 Å². The van der Waals surface area contributed by atoms with Crippen LogP contribution >= 0.6 is 15.9 Å². The minimum absolute atomic E-state index is 0.253. The molecule has 1 atom stereocenters. The van der Waals surface area contributed by atoms with Crippen LogP contribution in [0.25, 0.3) is 0 Å². The summed E-state index contributed by atoms with van der Waals surface area (Å²) in [5.41, 5.74) is 8.32. The molecule has 1 aromatic heterocycles. The van der Waals surface area contributed by atoms with Gasteiger partial charge in [0.1, 0.15) is 17.3 Å². The van der Waals surface area contributed by atoms with Crippen molar-refractivity contribution in [3.63, 3.8) is 0 Å². The second kappa shape index (κ2) is 5.80. The highest BCUT2D eigenvalue weighted by Crippen LogP contribution is 2.33. The maximum Gasteiger partial charge on any atom is 0.124 e. The first-order valence-electron chi connectivity index (χ1n) is 6.27. The Labute approximate surface area is 121 Å². The molecule has 0 aliphatic rings. The quantitative estimate of drug-likeness (QED) is 0.921. The van der Waals surface area contributed by atoms with Crippen LogP contribution in [0, 0.1) is 13.8 Å². The summed E-state index contributed by atoms with van der Waals surface area (Å²) in [6.45, 7) is 6.43. The highest BCUT2D eigenvalue weighted by Gasteiger charge is 2.19. The monoisotopic (exact) mass is 323 g/mol. The summed E-state index contributed by atoms with van der Waals surface area (Å²) in [6.07, 6.45) is 0. The molecule has 3 nitrogen and oxygen atoms in total. The van der Waals surface area contributed by atoms with Crippen molar-refractivity contribution in [3.8, 4) is 5.75 Å². The molecule has 1 aromatic carbocycles. The number of aryl methyl sites for hydroxylation is 2. The van der Waals surface area contributed by atoms with E-state index >= 15 is 0 Å². The average Bonchev–Trinajstić information content (AvgIpc) is 2.70. The normalized spacial score (nSPS) is 12.5. The van der Waals surface area contributed by atoms with Crippen molar-refractivity contribution in [2.75, 3.05) is 6.61 Å². The van der Waals surface area contributed by atoms with Gasteiger partial charge < -0.3 is 14.9 Å². The van der Waals surface area contributed by atoms with Gasteiger partial charge in [0.05, 0.1) is 12.6 Å². The van der Waals surface area contributed by atoms with E-state index in [1.807, 2.05) is 45.0 Å². The van der Waals surface area contributed by atoms with Gasteiger partial charge in [0, 0.05) is 15.6 Å². The Bertz CT molecular complexity index is 578. The Kier molecular flexibility index (Phi) is 4.32. The highest BCUT2D eigenvalue weighted by molar-refractivity contribution is 9.10. The molecule has 2 N–H and O–H groups in total. The lowest BCUT2D eigenvalue weighted by Crippen LogP contribution is -2.14. The maximum absolute atomic E-state index is 6.37. The standard InChI is InChI=1S/C15H18BrNO2/c1-4-18-14-6-5-11(16)8-13(14)15(17)12-7-9(2)19-10(12)3/h5-8,15H,4,17H2,1-3H3. The molecule has 0 aliphatic carbocycles. The Morgan fingerprint density at radius 2 is 2.00 bits per heavy atom. The van der Waals surface area contributed by atoms with E-state index in [-0.39, 0.29) is 6.04 Å². The molecular formula is C15H18BrNO2. The van der Waals surface area contributed by atoms with E-state index in [4.69, 9.17) is 14.9 Å². The highest BCUT2D eigenvalue weighted by atomic mass is 79.9. The van der Waals surface area contributed by atoms with Crippen LogP contribution in [0.3, 0.4) is 0 Å². The fourth-order valence-corrected chi connectivity index (χ4v) is 2.55. The molecule has 0 saturated carbocycles. The van der Waals surface area contributed by atoms with Gasteiger partial charge in [-0.2, -0.15) is 0 Å². The Hall–Kier alpha value is -1.26. The van der Waals surface area contributed by atoms with Gasteiger partial charge in [-0.25, -0.2) is 0 Å². The summed E-state index contributed by atoms with van der Waals surface area (Å²) >= 11 is 3.48. The van der Waals surface area contributed by atoms with Gasteiger partial charge in [-0.05, 0) is 45.0 Å². The zero-order valence-electron chi connectivity index (χ0n) is 11.4. The summed E-state index contributed by atoms with van der Waals surface area (Å²) < 4.78 is 12.2. The lowest BCUT2D eigenvalue weighted by atomic mass is 9.99. The Morgan fingerprint density at radius 1 is 1.26 bits per heavy atom. The van der Waals surface area contributed by atoms with Crippen LogP contribution in [0.15, 0.2) is 33.2 Å². The third kappa shape index (κ3) is 3.01.